The standard InChI is InChI=1S/C9H10N2O3/c10-6(3-12)5-1-2-7-9(8(5)13)14-4-11-7/h1-2,4,6,12-13H,3,10H2. The lowest BCUT2D eigenvalue weighted by molar-refractivity contribution is 0.265. The van der Waals surface area contributed by atoms with Gasteiger partial charge in [0.2, 0.25) is 0 Å². The summed E-state index contributed by atoms with van der Waals surface area (Å²) < 4.78 is 4.99. The van der Waals surface area contributed by atoms with E-state index in [-0.39, 0.29) is 12.4 Å². The summed E-state index contributed by atoms with van der Waals surface area (Å²) >= 11 is 0. The number of hydrogen-bond acceptors (Lipinski definition) is 5. The van der Waals surface area contributed by atoms with E-state index in [1.807, 2.05) is 0 Å². The molecular formula is C9H10N2O3. The summed E-state index contributed by atoms with van der Waals surface area (Å²) in [6, 6.07) is 2.70. The maximum Gasteiger partial charge on any atom is 0.196 e. The Labute approximate surface area is 79.8 Å². The molecule has 5 heteroatoms. The highest BCUT2D eigenvalue weighted by molar-refractivity contribution is 5.80. The SMILES string of the molecule is NC(CO)c1ccc2ncoc2c1O. The van der Waals surface area contributed by atoms with Crippen LogP contribution in [0.1, 0.15) is 11.6 Å². The molecule has 0 aliphatic heterocycles. The first-order valence-corrected chi connectivity index (χ1v) is 4.15. The van der Waals surface area contributed by atoms with Gasteiger partial charge in [-0.2, -0.15) is 0 Å². The van der Waals surface area contributed by atoms with Crippen LogP contribution in [0.15, 0.2) is 22.9 Å². The third kappa shape index (κ3) is 1.23. The molecule has 2 aromatic rings. The molecule has 0 fully saturated rings. The lowest BCUT2D eigenvalue weighted by atomic mass is 10.1. The van der Waals surface area contributed by atoms with Crippen LogP contribution in [0.25, 0.3) is 11.1 Å². The zero-order valence-electron chi connectivity index (χ0n) is 7.34. The summed E-state index contributed by atoms with van der Waals surface area (Å²) in [4.78, 5) is 3.88. The lowest BCUT2D eigenvalue weighted by Crippen LogP contribution is -2.14. The molecule has 2 rings (SSSR count). The maximum atomic E-state index is 9.72. The van der Waals surface area contributed by atoms with Crippen molar-refractivity contribution < 1.29 is 14.6 Å². The molecular weight excluding hydrogens is 184 g/mol. The van der Waals surface area contributed by atoms with Crippen molar-refractivity contribution in [1.29, 1.82) is 0 Å². The predicted molar refractivity (Wildman–Crippen MR) is 49.7 cm³/mol. The van der Waals surface area contributed by atoms with E-state index in [1.165, 1.54) is 6.39 Å². The molecule has 0 aliphatic rings. The van der Waals surface area contributed by atoms with E-state index < -0.39 is 6.04 Å². The molecule has 1 atom stereocenters. The molecule has 0 aliphatic carbocycles. The highest BCUT2D eigenvalue weighted by Gasteiger charge is 2.14. The summed E-state index contributed by atoms with van der Waals surface area (Å²) in [5, 5.41) is 18.6. The van der Waals surface area contributed by atoms with Crippen LogP contribution in [0.5, 0.6) is 5.75 Å². The van der Waals surface area contributed by atoms with Crippen LogP contribution in [0.2, 0.25) is 0 Å². The van der Waals surface area contributed by atoms with Gasteiger partial charge in [-0.1, -0.05) is 6.07 Å². The Balaban J connectivity index is 2.61. The van der Waals surface area contributed by atoms with Crippen molar-refractivity contribution in [3.8, 4) is 5.75 Å². The fourth-order valence-electron chi connectivity index (χ4n) is 1.33. The minimum absolute atomic E-state index is 0.0541. The van der Waals surface area contributed by atoms with Gasteiger partial charge in [0.25, 0.3) is 0 Å². The Morgan fingerprint density at radius 1 is 1.50 bits per heavy atom. The number of aliphatic hydroxyl groups excluding tert-OH is 1. The molecule has 0 amide bonds. The number of phenols is 1. The van der Waals surface area contributed by atoms with Gasteiger partial charge in [-0.3, -0.25) is 0 Å². The van der Waals surface area contributed by atoms with Crippen molar-refractivity contribution >= 4 is 11.1 Å². The second-order valence-corrected chi connectivity index (χ2v) is 2.99. The van der Waals surface area contributed by atoms with Crippen molar-refractivity contribution in [3.63, 3.8) is 0 Å². The van der Waals surface area contributed by atoms with Crippen LogP contribution in [0, 0.1) is 0 Å². The highest BCUT2D eigenvalue weighted by atomic mass is 16.4. The number of nitrogens with zero attached hydrogens (tertiary/aromatic N) is 1. The van der Waals surface area contributed by atoms with Crippen molar-refractivity contribution in [2.24, 2.45) is 5.73 Å². The Morgan fingerprint density at radius 2 is 2.29 bits per heavy atom. The first-order valence-electron chi connectivity index (χ1n) is 4.15. The molecule has 1 unspecified atom stereocenters. The number of aromatic nitrogens is 1. The van der Waals surface area contributed by atoms with Gasteiger partial charge in [-0.15, -0.1) is 0 Å². The molecule has 74 valence electrons. The van der Waals surface area contributed by atoms with E-state index >= 15 is 0 Å². The molecule has 1 aromatic carbocycles. The number of aliphatic hydroxyl groups is 1. The number of fused-ring (bicyclic) bond motifs is 1. The van der Waals surface area contributed by atoms with Crippen LogP contribution in [-0.2, 0) is 0 Å². The van der Waals surface area contributed by atoms with Gasteiger partial charge in [0.1, 0.15) is 5.52 Å². The van der Waals surface area contributed by atoms with Gasteiger partial charge in [0.15, 0.2) is 17.7 Å². The topological polar surface area (TPSA) is 92.5 Å². The van der Waals surface area contributed by atoms with Crippen LogP contribution < -0.4 is 5.73 Å². The zero-order chi connectivity index (χ0) is 10.1. The molecule has 1 aromatic heterocycles. The number of oxazole rings is 1. The van der Waals surface area contributed by atoms with E-state index in [9.17, 15) is 5.11 Å². The summed E-state index contributed by atoms with van der Waals surface area (Å²) in [5.74, 6) is -0.0541. The predicted octanol–water partition coefficient (Wildman–Crippen LogP) is 0.525. The van der Waals surface area contributed by atoms with Gasteiger partial charge in [0, 0.05) is 5.56 Å². The van der Waals surface area contributed by atoms with Gasteiger partial charge < -0.3 is 20.4 Å². The molecule has 0 saturated carbocycles. The van der Waals surface area contributed by atoms with E-state index in [4.69, 9.17) is 15.3 Å². The molecule has 4 N–H and O–H groups in total. The minimum Gasteiger partial charge on any atom is -0.504 e. The molecule has 14 heavy (non-hydrogen) atoms. The summed E-state index contributed by atoms with van der Waals surface area (Å²) in [6.45, 7) is -0.229. The third-order valence-corrected chi connectivity index (χ3v) is 2.10. The average molecular weight is 194 g/mol. The Kier molecular flexibility index (Phi) is 2.11. The minimum atomic E-state index is -0.607. The molecule has 0 radical (unpaired) electrons. The molecule has 0 spiro atoms. The largest absolute Gasteiger partial charge is 0.504 e. The molecule has 0 saturated heterocycles. The smallest absolute Gasteiger partial charge is 0.196 e. The Hall–Kier alpha value is -1.59. The monoisotopic (exact) mass is 194 g/mol. The number of hydrogen-bond donors (Lipinski definition) is 3. The number of benzene rings is 1. The van der Waals surface area contributed by atoms with E-state index in [1.54, 1.807) is 12.1 Å². The van der Waals surface area contributed by atoms with Crippen molar-refractivity contribution in [3.05, 3.63) is 24.1 Å². The number of aromatic hydroxyl groups is 1. The van der Waals surface area contributed by atoms with E-state index in [2.05, 4.69) is 4.98 Å². The molecule has 5 nitrogen and oxygen atoms in total. The van der Waals surface area contributed by atoms with E-state index in [0.717, 1.165) is 0 Å². The molecule has 0 bridgehead atoms. The quantitative estimate of drug-likeness (QED) is 0.648. The van der Waals surface area contributed by atoms with Crippen LogP contribution in [0.3, 0.4) is 0 Å². The van der Waals surface area contributed by atoms with Crippen LogP contribution in [0.4, 0.5) is 0 Å². The van der Waals surface area contributed by atoms with Crippen molar-refractivity contribution in [1.82, 2.24) is 4.98 Å². The van der Waals surface area contributed by atoms with Crippen LogP contribution in [-0.4, -0.2) is 21.8 Å². The second kappa shape index (κ2) is 3.28. The Bertz CT molecular complexity index is 452. The normalized spacial score (nSPS) is 13.3. The van der Waals surface area contributed by atoms with E-state index in [0.29, 0.717) is 16.7 Å². The average Bonchev–Trinajstić information content (AvgIpc) is 2.66. The second-order valence-electron chi connectivity index (χ2n) is 2.99. The number of nitrogens with two attached hydrogens (primary N) is 1. The first-order chi connectivity index (χ1) is 6.74. The lowest BCUT2D eigenvalue weighted by Gasteiger charge is -2.09. The number of rotatable bonds is 2. The van der Waals surface area contributed by atoms with Gasteiger partial charge in [-0.05, 0) is 6.07 Å². The summed E-state index contributed by atoms with van der Waals surface area (Å²) in [7, 11) is 0. The van der Waals surface area contributed by atoms with Crippen LogP contribution >= 0.6 is 0 Å². The van der Waals surface area contributed by atoms with Crippen molar-refractivity contribution in [2.75, 3.05) is 6.61 Å². The van der Waals surface area contributed by atoms with Gasteiger partial charge in [-0.25, -0.2) is 4.98 Å². The highest BCUT2D eigenvalue weighted by Crippen LogP contribution is 2.30. The maximum absolute atomic E-state index is 9.72. The first kappa shape index (κ1) is 8.98. The zero-order valence-corrected chi connectivity index (χ0v) is 7.34. The van der Waals surface area contributed by atoms with Gasteiger partial charge in [0.05, 0.1) is 12.6 Å². The fraction of sp³-hybridized carbons (Fsp3) is 0.222. The fourth-order valence-corrected chi connectivity index (χ4v) is 1.33. The summed E-state index contributed by atoms with van der Waals surface area (Å²) in [6.07, 6.45) is 1.25. The Morgan fingerprint density at radius 3 is 3.00 bits per heavy atom. The van der Waals surface area contributed by atoms with Crippen molar-refractivity contribution in [2.45, 2.75) is 6.04 Å². The molecule has 1 heterocycles. The number of phenolic OH excluding ortho intramolecular Hbond substituents is 1. The summed E-state index contributed by atoms with van der Waals surface area (Å²) in [5.41, 5.74) is 6.90. The van der Waals surface area contributed by atoms with Gasteiger partial charge >= 0.3 is 0 Å². The third-order valence-electron chi connectivity index (χ3n) is 2.10.